The SMILES string of the molecule is CCCOc1cc(OCCNC(C)C)ccc1[N+](=O)[O-]. The van der Waals surface area contributed by atoms with E-state index in [1.54, 1.807) is 12.1 Å². The van der Waals surface area contributed by atoms with Gasteiger partial charge in [-0.25, -0.2) is 0 Å². The molecule has 0 saturated carbocycles. The van der Waals surface area contributed by atoms with Crippen molar-refractivity contribution in [3.63, 3.8) is 0 Å². The number of hydrogen-bond donors (Lipinski definition) is 1. The molecule has 0 aliphatic rings. The largest absolute Gasteiger partial charge is 0.492 e. The molecule has 0 fully saturated rings. The molecule has 0 aromatic heterocycles. The quantitative estimate of drug-likeness (QED) is 0.428. The third-order valence-electron chi connectivity index (χ3n) is 2.51. The van der Waals surface area contributed by atoms with Gasteiger partial charge in [0.15, 0.2) is 0 Å². The summed E-state index contributed by atoms with van der Waals surface area (Å²) in [5, 5.41) is 14.1. The van der Waals surface area contributed by atoms with E-state index in [1.165, 1.54) is 6.07 Å². The molecule has 6 heteroatoms. The highest BCUT2D eigenvalue weighted by Gasteiger charge is 2.16. The van der Waals surface area contributed by atoms with Crippen LogP contribution in [-0.4, -0.2) is 30.7 Å². The van der Waals surface area contributed by atoms with E-state index in [0.717, 1.165) is 13.0 Å². The average Bonchev–Trinajstić information content (AvgIpc) is 2.41. The molecule has 0 amide bonds. The Labute approximate surface area is 119 Å². The van der Waals surface area contributed by atoms with E-state index in [2.05, 4.69) is 19.2 Å². The Hall–Kier alpha value is -1.82. The zero-order valence-corrected chi connectivity index (χ0v) is 12.2. The maximum atomic E-state index is 10.9. The zero-order valence-electron chi connectivity index (χ0n) is 12.2. The van der Waals surface area contributed by atoms with Crippen molar-refractivity contribution in [3.8, 4) is 11.5 Å². The third kappa shape index (κ3) is 5.44. The maximum absolute atomic E-state index is 10.9. The summed E-state index contributed by atoms with van der Waals surface area (Å²) < 4.78 is 10.9. The molecular weight excluding hydrogens is 260 g/mol. The van der Waals surface area contributed by atoms with Gasteiger partial charge in [-0.2, -0.15) is 0 Å². The van der Waals surface area contributed by atoms with Gasteiger partial charge < -0.3 is 14.8 Å². The minimum Gasteiger partial charge on any atom is -0.492 e. The molecule has 0 heterocycles. The Morgan fingerprint density at radius 1 is 1.30 bits per heavy atom. The van der Waals surface area contributed by atoms with Gasteiger partial charge in [-0.05, 0) is 12.5 Å². The Morgan fingerprint density at radius 3 is 2.65 bits per heavy atom. The molecule has 112 valence electrons. The minimum atomic E-state index is -0.449. The van der Waals surface area contributed by atoms with E-state index < -0.39 is 4.92 Å². The minimum absolute atomic E-state index is 0.0360. The zero-order chi connectivity index (χ0) is 15.0. The number of nitrogens with zero attached hydrogens (tertiary/aromatic N) is 1. The fraction of sp³-hybridized carbons (Fsp3) is 0.571. The molecule has 0 atom stereocenters. The van der Waals surface area contributed by atoms with Crippen LogP contribution in [0.25, 0.3) is 0 Å². The third-order valence-corrected chi connectivity index (χ3v) is 2.51. The highest BCUT2D eigenvalue weighted by atomic mass is 16.6. The Bertz CT molecular complexity index is 435. The van der Waals surface area contributed by atoms with E-state index in [1.807, 2.05) is 6.92 Å². The molecule has 20 heavy (non-hydrogen) atoms. The van der Waals surface area contributed by atoms with Crippen LogP contribution in [0.5, 0.6) is 11.5 Å². The lowest BCUT2D eigenvalue weighted by molar-refractivity contribution is -0.385. The molecule has 6 nitrogen and oxygen atoms in total. The van der Waals surface area contributed by atoms with Crippen LogP contribution in [0.3, 0.4) is 0 Å². The molecule has 1 aromatic carbocycles. The molecule has 0 aliphatic carbocycles. The molecule has 0 aliphatic heterocycles. The normalized spacial score (nSPS) is 10.6. The van der Waals surface area contributed by atoms with Crippen molar-refractivity contribution in [1.82, 2.24) is 5.32 Å². The van der Waals surface area contributed by atoms with Gasteiger partial charge in [-0.3, -0.25) is 10.1 Å². The van der Waals surface area contributed by atoms with Gasteiger partial charge in [0.05, 0.1) is 11.5 Å². The second-order valence-corrected chi connectivity index (χ2v) is 4.69. The standard InChI is InChI=1S/C14H22N2O4/c1-4-8-20-14-10-12(5-6-13(14)16(17)18)19-9-7-15-11(2)3/h5-6,10-11,15H,4,7-9H2,1-3H3. The number of ether oxygens (including phenoxy) is 2. The van der Waals surface area contributed by atoms with Crippen LogP contribution in [0, 0.1) is 10.1 Å². The van der Waals surface area contributed by atoms with Crippen molar-refractivity contribution in [3.05, 3.63) is 28.3 Å². The number of nitro groups is 1. The van der Waals surface area contributed by atoms with Gasteiger partial charge in [0.2, 0.25) is 5.75 Å². The molecule has 1 N–H and O–H groups in total. The van der Waals surface area contributed by atoms with Crippen LogP contribution >= 0.6 is 0 Å². The summed E-state index contributed by atoms with van der Waals surface area (Å²) in [5.41, 5.74) is -0.0360. The summed E-state index contributed by atoms with van der Waals surface area (Å²) in [7, 11) is 0. The van der Waals surface area contributed by atoms with E-state index >= 15 is 0 Å². The molecule has 0 unspecified atom stereocenters. The molecule has 0 saturated heterocycles. The Kier molecular flexibility index (Phi) is 6.79. The van der Waals surface area contributed by atoms with Gasteiger partial charge in [0, 0.05) is 24.7 Å². The lowest BCUT2D eigenvalue weighted by Gasteiger charge is -2.11. The van der Waals surface area contributed by atoms with Crippen molar-refractivity contribution in [1.29, 1.82) is 0 Å². The van der Waals surface area contributed by atoms with Crippen LogP contribution < -0.4 is 14.8 Å². The van der Waals surface area contributed by atoms with Crippen LogP contribution in [0.1, 0.15) is 27.2 Å². The second-order valence-electron chi connectivity index (χ2n) is 4.69. The van der Waals surface area contributed by atoms with E-state index in [0.29, 0.717) is 25.0 Å². The van der Waals surface area contributed by atoms with Crippen molar-refractivity contribution < 1.29 is 14.4 Å². The lowest BCUT2D eigenvalue weighted by atomic mass is 10.3. The van der Waals surface area contributed by atoms with Crippen molar-refractivity contribution >= 4 is 5.69 Å². The first kappa shape index (κ1) is 16.2. The van der Waals surface area contributed by atoms with Gasteiger partial charge in [0.1, 0.15) is 12.4 Å². The number of rotatable bonds is 9. The van der Waals surface area contributed by atoms with Crippen LogP contribution in [0.4, 0.5) is 5.69 Å². The summed E-state index contributed by atoms with van der Waals surface area (Å²) in [5.74, 6) is 0.832. The summed E-state index contributed by atoms with van der Waals surface area (Å²) in [6.45, 7) is 7.73. The number of nitrogens with one attached hydrogen (secondary N) is 1. The van der Waals surface area contributed by atoms with Gasteiger partial charge >= 0.3 is 5.69 Å². The molecule has 1 rings (SSSR count). The van der Waals surface area contributed by atoms with Crippen molar-refractivity contribution in [2.75, 3.05) is 19.8 Å². The van der Waals surface area contributed by atoms with Crippen LogP contribution in [0.15, 0.2) is 18.2 Å². The smallest absolute Gasteiger partial charge is 0.311 e. The fourth-order valence-corrected chi connectivity index (χ4v) is 1.58. The highest BCUT2D eigenvalue weighted by Crippen LogP contribution is 2.31. The monoisotopic (exact) mass is 282 g/mol. The molecular formula is C14H22N2O4. The van der Waals surface area contributed by atoms with Gasteiger partial charge in [-0.1, -0.05) is 20.8 Å². The fourth-order valence-electron chi connectivity index (χ4n) is 1.58. The van der Waals surface area contributed by atoms with E-state index in [4.69, 9.17) is 9.47 Å². The predicted octanol–water partition coefficient (Wildman–Crippen LogP) is 2.76. The first-order valence-electron chi connectivity index (χ1n) is 6.82. The Balaban J connectivity index is 2.66. The topological polar surface area (TPSA) is 73.6 Å². The van der Waals surface area contributed by atoms with Crippen LogP contribution in [0.2, 0.25) is 0 Å². The van der Waals surface area contributed by atoms with Crippen molar-refractivity contribution in [2.45, 2.75) is 33.2 Å². The van der Waals surface area contributed by atoms with Crippen molar-refractivity contribution in [2.24, 2.45) is 0 Å². The molecule has 0 bridgehead atoms. The summed E-state index contributed by atoms with van der Waals surface area (Å²) in [6, 6.07) is 4.98. The summed E-state index contributed by atoms with van der Waals surface area (Å²) in [6.07, 6.45) is 0.792. The number of benzene rings is 1. The lowest BCUT2D eigenvalue weighted by Crippen LogP contribution is -2.27. The van der Waals surface area contributed by atoms with E-state index in [-0.39, 0.29) is 11.4 Å². The second kappa shape index (κ2) is 8.37. The van der Waals surface area contributed by atoms with Gasteiger partial charge in [-0.15, -0.1) is 0 Å². The number of nitro benzene ring substituents is 1. The molecule has 0 radical (unpaired) electrons. The highest BCUT2D eigenvalue weighted by molar-refractivity contribution is 5.50. The first-order chi connectivity index (χ1) is 9.54. The summed E-state index contributed by atoms with van der Waals surface area (Å²) in [4.78, 5) is 10.5. The first-order valence-corrected chi connectivity index (χ1v) is 6.82. The number of hydrogen-bond acceptors (Lipinski definition) is 5. The van der Waals surface area contributed by atoms with Gasteiger partial charge in [0.25, 0.3) is 0 Å². The average molecular weight is 282 g/mol. The predicted molar refractivity (Wildman–Crippen MR) is 77.5 cm³/mol. The van der Waals surface area contributed by atoms with E-state index in [9.17, 15) is 10.1 Å². The maximum Gasteiger partial charge on any atom is 0.311 e. The molecule has 0 spiro atoms. The summed E-state index contributed by atoms with van der Waals surface area (Å²) >= 11 is 0. The van der Waals surface area contributed by atoms with Crippen LogP contribution in [-0.2, 0) is 0 Å². The Morgan fingerprint density at radius 2 is 2.05 bits per heavy atom. The molecule has 1 aromatic rings.